The Balaban J connectivity index is 1.89. The normalized spacial score (nSPS) is 16.5. The molecule has 0 fully saturated rings. The molecule has 114 valence electrons. The predicted octanol–water partition coefficient (Wildman–Crippen LogP) is 5.10. The summed E-state index contributed by atoms with van der Waals surface area (Å²) in [5.41, 5.74) is 2.54. The lowest BCUT2D eigenvalue weighted by Gasteiger charge is -2.22. The number of rotatable bonds is 3. The van der Waals surface area contributed by atoms with Crippen molar-refractivity contribution in [3.63, 3.8) is 0 Å². The van der Waals surface area contributed by atoms with Crippen molar-refractivity contribution in [2.75, 3.05) is 6.54 Å². The Morgan fingerprint density at radius 1 is 0.864 bits per heavy atom. The second-order valence-electron chi connectivity index (χ2n) is 5.68. The van der Waals surface area contributed by atoms with Crippen LogP contribution in [0.3, 0.4) is 0 Å². The van der Waals surface area contributed by atoms with E-state index in [-0.39, 0.29) is 6.04 Å². The molecule has 0 bridgehead atoms. The van der Waals surface area contributed by atoms with E-state index in [1.54, 1.807) is 0 Å². The van der Waals surface area contributed by atoms with E-state index >= 15 is 0 Å². The van der Waals surface area contributed by atoms with Crippen molar-refractivity contribution in [2.45, 2.75) is 31.7 Å². The molecule has 2 nitrogen and oxygen atoms in total. The Hall–Kier alpha value is -1.61. The van der Waals surface area contributed by atoms with Crippen molar-refractivity contribution < 1.29 is 0 Å². The molecule has 2 aromatic carbocycles. The lowest BCUT2D eigenvalue weighted by Crippen LogP contribution is -2.29. The summed E-state index contributed by atoms with van der Waals surface area (Å²) >= 11 is 3.52. The van der Waals surface area contributed by atoms with E-state index in [2.05, 4.69) is 75.8 Å². The topological polar surface area (TPSA) is 24.4 Å². The lowest BCUT2D eigenvalue weighted by molar-refractivity contribution is 0.717. The van der Waals surface area contributed by atoms with Gasteiger partial charge in [-0.05, 0) is 36.1 Å². The van der Waals surface area contributed by atoms with Gasteiger partial charge in [-0.15, -0.1) is 0 Å². The minimum Gasteiger partial charge on any atom is -0.363 e. The van der Waals surface area contributed by atoms with Crippen LogP contribution in [0.5, 0.6) is 0 Å². The highest BCUT2D eigenvalue weighted by atomic mass is 79.9. The zero-order valence-electron chi connectivity index (χ0n) is 12.6. The van der Waals surface area contributed by atoms with Gasteiger partial charge in [-0.3, -0.25) is 4.99 Å². The number of nitrogens with zero attached hydrogens (tertiary/aromatic N) is 1. The number of nitrogens with one attached hydrogen (secondary N) is 1. The fourth-order valence-electron chi connectivity index (χ4n) is 2.82. The van der Waals surface area contributed by atoms with Gasteiger partial charge in [-0.2, -0.15) is 0 Å². The molecule has 1 atom stereocenters. The Labute approximate surface area is 140 Å². The molecule has 0 saturated carbocycles. The Kier molecular flexibility index (Phi) is 5.28. The molecule has 0 aromatic heterocycles. The summed E-state index contributed by atoms with van der Waals surface area (Å²) in [6.45, 7) is 0.949. The van der Waals surface area contributed by atoms with Crippen molar-refractivity contribution in [1.29, 1.82) is 0 Å². The molecule has 3 rings (SSSR count). The third-order valence-electron chi connectivity index (χ3n) is 4.02. The average molecular weight is 357 g/mol. The fourth-order valence-corrected chi connectivity index (χ4v) is 3.08. The van der Waals surface area contributed by atoms with E-state index in [1.807, 2.05) is 0 Å². The predicted molar refractivity (Wildman–Crippen MR) is 96.3 cm³/mol. The van der Waals surface area contributed by atoms with Gasteiger partial charge in [0.15, 0.2) is 0 Å². The molecule has 0 aliphatic carbocycles. The van der Waals surface area contributed by atoms with Crippen molar-refractivity contribution >= 4 is 21.8 Å². The maximum atomic E-state index is 4.73. The van der Waals surface area contributed by atoms with Crippen LogP contribution in [0.2, 0.25) is 0 Å². The minimum atomic E-state index is 0.158. The van der Waals surface area contributed by atoms with Gasteiger partial charge in [-0.25, -0.2) is 0 Å². The number of amidine groups is 1. The Morgan fingerprint density at radius 2 is 1.59 bits per heavy atom. The van der Waals surface area contributed by atoms with Crippen LogP contribution in [0.1, 0.15) is 42.9 Å². The van der Waals surface area contributed by atoms with Crippen LogP contribution in [-0.4, -0.2) is 12.4 Å². The van der Waals surface area contributed by atoms with Crippen LogP contribution in [-0.2, 0) is 0 Å². The average Bonchev–Trinajstić information content (AvgIpc) is 2.83. The number of hydrogen-bond acceptors (Lipinski definition) is 2. The summed E-state index contributed by atoms with van der Waals surface area (Å²) in [4.78, 5) is 4.73. The van der Waals surface area contributed by atoms with Crippen LogP contribution < -0.4 is 5.32 Å². The summed E-state index contributed by atoms with van der Waals surface area (Å²) in [5.74, 6) is 1.15. The van der Waals surface area contributed by atoms with E-state index in [9.17, 15) is 0 Å². The smallest absolute Gasteiger partial charge is 0.0970 e. The molecule has 0 saturated heterocycles. The van der Waals surface area contributed by atoms with Crippen molar-refractivity contribution in [3.8, 4) is 0 Å². The summed E-state index contributed by atoms with van der Waals surface area (Å²) in [6.07, 6.45) is 4.77. The maximum Gasteiger partial charge on any atom is 0.0970 e. The third kappa shape index (κ3) is 3.98. The third-order valence-corrected chi connectivity index (χ3v) is 4.55. The van der Waals surface area contributed by atoms with Gasteiger partial charge in [0.2, 0.25) is 0 Å². The molecule has 1 N–H and O–H groups in total. The second-order valence-corrected chi connectivity index (χ2v) is 6.59. The summed E-state index contributed by atoms with van der Waals surface area (Å²) in [5, 5.41) is 3.68. The molecule has 1 heterocycles. The first-order valence-corrected chi connectivity index (χ1v) is 8.72. The van der Waals surface area contributed by atoms with Gasteiger partial charge in [0.25, 0.3) is 0 Å². The largest absolute Gasteiger partial charge is 0.363 e. The number of hydrogen-bond donors (Lipinski definition) is 1. The molecule has 22 heavy (non-hydrogen) atoms. The minimum absolute atomic E-state index is 0.158. The highest BCUT2D eigenvalue weighted by Gasteiger charge is 2.16. The standard InChI is InChI=1S/C19H21BrN2/c20-17-12-10-16(11-13-17)19(15-7-3-1-4-8-15)22-18-9-5-2-6-14-21-18/h1,3-4,7-8,10-13,19H,2,5-6,9,14H2,(H,21,22). The molecule has 0 radical (unpaired) electrons. The van der Waals surface area contributed by atoms with E-state index in [4.69, 9.17) is 4.99 Å². The van der Waals surface area contributed by atoms with Gasteiger partial charge < -0.3 is 5.32 Å². The van der Waals surface area contributed by atoms with Crippen molar-refractivity contribution in [2.24, 2.45) is 4.99 Å². The second kappa shape index (κ2) is 7.59. The zero-order chi connectivity index (χ0) is 15.2. The van der Waals surface area contributed by atoms with Gasteiger partial charge in [0, 0.05) is 17.4 Å². The monoisotopic (exact) mass is 356 g/mol. The highest BCUT2D eigenvalue weighted by molar-refractivity contribution is 9.10. The molecule has 0 amide bonds. The van der Waals surface area contributed by atoms with Crippen LogP contribution in [0.15, 0.2) is 64.1 Å². The Morgan fingerprint density at radius 3 is 2.36 bits per heavy atom. The molecule has 1 aliphatic heterocycles. The quantitative estimate of drug-likeness (QED) is 0.812. The summed E-state index contributed by atoms with van der Waals surface area (Å²) in [6, 6.07) is 19.3. The first kappa shape index (κ1) is 15.3. The van der Waals surface area contributed by atoms with Crippen LogP contribution >= 0.6 is 15.9 Å². The van der Waals surface area contributed by atoms with E-state index < -0.39 is 0 Å². The number of aliphatic imine (C=N–C) groups is 1. The van der Waals surface area contributed by atoms with Crippen molar-refractivity contribution in [1.82, 2.24) is 5.32 Å². The van der Waals surface area contributed by atoms with Gasteiger partial charge in [0.1, 0.15) is 0 Å². The number of benzene rings is 2. The first-order chi connectivity index (χ1) is 10.8. The van der Waals surface area contributed by atoms with Crippen LogP contribution in [0.25, 0.3) is 0 Å². The van der Waals surface area contributed by atoms with Crippen molar-refractivity contribution in [3.05, 3.63) is 70.2 Å². The summed E-state index contributed by atoms with van der Waals surface area (Å²) < 4.78 is 1.11. The van der Waals surface area contributed by atoms with Crippen LogP contribution in [0, 0.1) is 0 Å². The molecule has 3 heteroatoms. The van der Waals surface area contributed by atoms with E-state index in [0.717, 1.165) is 23.3 Å². The highest BCUT2D eigenvalue weighted by Crippen LogP contribution is 2.24. The maximum absolute atomic E-state index is 4.73. The zero-order valence-corrected chi connectivity index (χ0v) is 14.2. The van der Waals surface area contributed by atoms with Crippen LogP contribution in [0.4, 0.5) is 0 Å². The van der Waals surface area contributed by atoms with Gasteiger partial charge >= 0.3 is 0 Å². The SMILES string of the molecule is Brc1ccc(C(NC2=NCCCCC2)c2ccccc2)cc1. The van der Waals surface area contributed by atoms with Gasteiger partial charge in [0.05, 0.1) is 11.9 Å². The van der Waals surface area contributed by atoms with Gasteiger partial charge in [-0.1, -0.05) is 64.8 Å². The first-order valence-electron chi connectivity index (χ1n) is 7.93. The van der Waals surface area contributed by atoms with E-state index in [0.29, 0.717) is 0 Å². The molecular weight excluding hydrogens is 336 g/mol. The van der Waals surface area contributed by atoms with E-state index in [1.165, 1.54) is 30.4 Å². The summed E-state index contributed by atoms with van der Waals surface area (Å²) in [7, 11) is 0. The lowest BCUT2D eigenvalue weighted by atomic mass is 9.98. The molecular formula is C19H21BrN2. The molecule has 1 unspecified atom stereocenters. The fraction of sp³-hybridized carbons (Fsp3) is 0.316. The Bertz CT molecular complexity index is 620. The molecule has 1 aliphatic rings. The molecule has 2 aromatic rings. The molecule has 0 spiro atoms. The number of halogens is 1.